The molecule has 50 valence electrons. The second-order valence-corrected chi connectivity index (χ2v) is 1.31. The van der Waals surface area contributed by atoms with Gasteiger partial charge in [0.2, 0.25) is 0 Å². The zero-order chi connectivity index (χ0) is 7.28. The van der Waals surface area contributed by atoms with Crippen LogP contribution in [0.1, 0.15) is 0 Å². The summed E-state index contributed by atoms with van der Waals surface area (Å²) < 4.78 is 0. The summed E-state index contributed by atoms with van der Waals surface area (Å²) in [6.45, 7) is 3.11. The summed E-state index contributed by atoms with van der Waals surface area (Å²) in [5.74, 6) is -0.590. The maximum atomic E-state index is 10.2. The van der Waals surface area contributed by atoms with Crippen molar-refractivity contribution >= 4 is 23.7 Å². The Bertz CT molecular complexity index is 146. The molecular weight excluding hydrogens is 144 g/mol. The van der Waals surface area contributed by atoms with Crippen LogP contribution in [0.3, 0.4) is 0 Å². The summed E-state index contributed by atoms with van der Waals surface area (Å²) in [5.41, 5.74) is 0. The third-order valence-electron chi connectivity index (χ3n) is 0.508. The number of carbonyl (C=O) groups excluding carboxylic acids is 2. The predicted octanol–water partition coefficient (Wildman–Crippen LogP) is 0.152. The molecule has 0 atom stereocenters. The van der Waals surface area contributed by atoms with Gasteiger partial charge < -0.3 is 0 Å². The molecule has 0 unspecified atom stereocenters. The maximum Gasteiger partial charge on any atom is 0.336 e. The van der Waals surface area contributed by atoms with Crippen molar-refractivity contribution in [2.75, 3.05) is 0 Å². The van der Waals surface area contributed by atoms with Crippen molar-refractivity contribution in [2.45, 2.75) is 0 Å². The third-order valence-corrected chi connectivity index (χ3v) is 0.680. The van der Waals surface area contributed by atoms with Crippen LogP contribution in [0.5, 0.6) is 0 Å². The van der Waals surface area contributed by atoms with Crippen LogP contribution in [0.15, 0.2) is 12.7 Å². The molecule has 2 N–H and O–H groups in total. The summed E-state index contributed by atoms with van der Waals surface area (Å²) in [5, 5.41) is 1.84. The van der Waals surface area contributed by atoms with E-state index >= 15 is 0 Å². The van der Waals surface area contributed by atoms with Crippen LogP contribution in [0.4, 0.5) is 4.79 Å². The fourth-order valence-electron chi connectivity index (χ4n) is 0.187. The number of hydrogen-bond acceptors (Lipinski definition) is 2. The number of halogens is 1. The molecule has 0 fully saturated rings. The highest BCUT2D eigenvalue weighted by molar-refractivity contribution is 6.22. The van der Waals surface area contributed by atoms with Crippen molar-refractivity contribution in [3.05, 3.63) is 12.7 Å². The normalized spacial score (nSPS) is 7.67. The molecule has 0 rings (SSSR count). The first-order valence-corrected chi connectivity index (χ1v) is 2.42. The van der Waals surface area contributed by atoms with Crippen LogP contribution >= 0.6 is 11.8 Å². The first-order valence-electron chi connectivity index (χ1n) is 2.04. The van der Waals surface area contributed by atoms with E-state index in [0.29, 0.717) is 0 Å². The van der Waals surface area contributed by atoms with Crippen molar-refractivity contribution in [1.82, 2.24) is 10.2 Å². The monoisotopic (exact) mass is 148 g/mol. The van der Waals surface area contributed by atoms with Gasteiger partial charge in [0.15, 0.2) is 0 Å². The highest BCUT2D eigenvalue weighted by Gasteiger charge is 1.99. The molecule has 0 aliphatic heterocycles. The van der Waals surface area contributed by atoms with Crippen molar-refractivity contribution < 1.29 is 9.59 Å². The highest BCUT2D eigenvalue weighted by atomic mass is 35.5. The molecule has 9 heavy (non-hydrogen) atoms. The van der Waals surface area contributed by atoms with Gasteiger partial charge in [-0.3, -0.25) is 10.1 Å². The van der Waals surface area contributed by atoms with Gasteiger partial charge in [0.1, 0.15) is 0 Å². The van der Waals surface area contributed by atoms with E-state index in [1.54, 1.807) is 4.84 Å². The number of carbonyl (C=O) groups is 2. The number of amides is 3. The lowest BCUT2D eigenvalue weighted by Gasteiger charge is -1.94. The van der Waals surface area contributed by atoms with Crippen LogP contribution in [0.25, 0.3) is 0 Å². The second-order valence-electron chi connectivity index (χ2n) is 1.12. The number of hydrogen-bond donors (Lipinski definition) is 2. The molecule has 0 aliphatic carbocycles. The largest absolute Gasteiger partial charge is 0.336 e. The summed E-state index contributed by atoms with van der Waals surface area (Å²) in [6.07, 6.45) is 0.964. The van der Waals surface area contributed by atoms with Gasteiger partial charge in [-0.2, -0.15) is 0 Å². The van der Waals surface area contributed by atoms with Gasteiger partial charge in [-0.25, -0.2) is 9.63 Å². The Morgan fingerprint density at radius 2 is 2.11 bits per heavy atom. The van der Waals surface area contributed by atoms with Crippen molar-refractivity contribution in [2.24, 2.45) is 0 Å². The standard InChI is InChI=1S/C4H5ClN2O2/c1-2-3(8)6-4(9)7-5/h2H,1H2,(H2,6,7,8,9). The topological polar surface area (TPSA) is 58.2 Å². The Morgan fingerprint density at radius 3 is 2.44 bits per heavy atom. The third kappa shape index (κ3) is 3.54. The Balaban J connectivity index is 3.59. The van der Waals surface area contributed by atoms with Crippen molar-refractivity contribution in [3.8, 4) is 0 Å². The Labute approximate surface area is 57.0 Å². The molecule has 0 spiro atoms. The molecule has 0 aromatic carbocycles. The molecule has 0 heterocycles. The predicted molar refractivity (Wildman–Crippen MR) is 32.7 cm³/mol. The van der Waals surface area contributed by atoms with E-state index in [9.17, 15) is 9.59 Å². The molecule has 0 aromatic rings. The second kappa shape index (κ2) is 3.91. The molecule has 4 nitrogen and oxygen atoms in total. The van der Waals surface area contributed by atoms with Crippen LogP contribution in [0.2, 0.25) is 0 Å². The fraction of sp³-hybridized carbons (Fsp3) is 0. The van der Waals surface area contributed by atoms with E-state index in [2.05, 4.69) is 6.58 Å². The summed E-state index contributed by atoms with van der Waals surface area (Å²) in [4.78, 5) is 22.1. The highest BCUT2D eigenvalue weighted by Crippen LogP contribution is 1.69. The SMILES string of the molecule is C=CC(=O)NC(=O)NCl. The van der Waals surface area contributed by atoms with Gasteiger partial charge in [0.05, 0.1) is 0 Å². The number of urea groups is 1. The number of rotatable bonds is 1. The quantitative estimate of drug-likeness (QED) is 0.411. The molecular formula is C4H5ClN2O2. The molecule has 5 heteroatoms. The van der Waals surface area contributed by atoms with Crippen LogP contribution in [0, 0.1) is 0 Å². The average Bonchev–Trinajstić information content (AvgIpc) is 1.87. The zero-order valence-electron chi connectivity index (χ0n) is 4.48. The van der Waals surface area contributed by atoms with Gasteiger partial charge in [0.25, 0.3) is 5.91 Å². The van der Waals surface area contributed by atoms with Gasteiger partial charge in [0, 0.05) is 11.8 Å². The lowest BCUT2D eigenvalue weighted by Crippen LogP contribution is -2.33. The maximum absolute atomic E-state index is 10.2. The van der Waals surface area contributed by atoms with Gasteiger partial charge in [-0.1, -0.05) is 6.58 Å². The van der Waals surface area contributed by atoms with Crippen LogP contribution in [-0.4, -0.2) is 11.9 Å². The first-order chi connectivity index (χ1) is 4.20. The number of nitrogens with one attached hydrogen (secondary N) is 2. The van der Waals surface area contributed by atoms with E-state index in [4.69, 9.17) is 11.8 Å². The van der Waals surface area contributed by atoms with Crippen LogP contribution < -0.4 is 10.2 Å². The molecule has 0 aromatic heterocycles. The summed E-state index contributed by atoms with van der Waals surface area (Å²) >= 11 is 4.80. The van der Waals surface area contributed by atoms with Gasteiger partial charge >= 0.3 is 6.03 Å². The van der Waals surface area contributed by atoms with E-state index < -0.39 is 11.9 Å². The summed E-state index contributed by atoms with van der Waals surface area (Å²) in [6, 6.07) is -0.762. The van der Waals surface area contributed by atoms with Gasteiger partial charge in [-0.05, 0) is 6.08 Å². The van der Waals surface area contributed by atoms with E-state index in [1.807, 2.05) is 5.32 Å². The molecule has 0 bridgehead atoms. The van der Waals surface area contributed by atoms with E-state index in [0.717, 1.165) is 6.08 Å². The Hall–Kier alpha value is -1.03. The van der Waals surface area contributed by atoms with E-state index in [-0.39, 0.29) is 0 Å². The first kappa shape index (κ1) is 7.97. The lowest BCUT2D eigenvalue weighted by atomic mass is 10.6. The van der Waals surface area contributed by atoms with Crippen LogP contribution in [-0.2, 0) is 4.79 Å². The van der Waals surface area contributed by atoms with Crippen molar-refractivity contribution in [1.29, 1.82) is 0 Å². The Morgan fingerprint density at radius 1 is 1.56 bits per heavy atom. The fourth-order valence-corrected chi connectivity index (χ4v) is 0.234. The minimum absolute atomic E-state index is 0.590. The smallest absolute Gasteiger partial charge is 0.274 e. The molecule has 0 radical (unpaired) electrons. The minimum atomic E-state index is -0.762. The van der Waals surface area contributed by atoms with Gasteiger partial charge in [-0.15, -0.1) is 0 Å². The molecule has 3 amide bonds. The molecule has 0 saturated heterocycles. The molecule has 0 aliphatic rings. The lowest BCUT2D eigenvalue weighted by molar-refractivity contribution is -0.115. The zero-order valence-corrected chi connectivity index (χ0v) is 5.23. The Kier molecular flexibility index (Phi) is 3.46. The average molecular weight is 149 g/mol. The minimum Gasteiger partial charge on any atom is -0.274 e. The van der Waals surface area contributed by atoms with Crippen molar-refractivity contribution in [3.63, 3.8) is 0 Å². The van der Waals surface area contributed by atoms with E-state index in [1.165, 1.54) is 0 Å². The molecule has 0 saturated carbocycles. The number of imide groups is 1. The summed E-state index contributed by atoms with van der Waals surface area (Å²) in [7, 11) is 0.